The average Bonchev–Trinajstić information content (AvgIpc) is 2.22. The fourth-order valence-corrected chi connectivity index (χ4v) is 1.55. The van der Waals surface area contributed by atoms with Gasteiger partial charge in [-0.15, -0.1) is 0 Å². The average molecular weight is 275 g/mol. The van der Waals surface area contributed by atoms with E-state index in [-0.39, 0.29) is 12.2 Å². The number of phenols is 1. The molecular formula is C10H11BrO4. The quantitative estimate of drug-likeness (QED) is 0.814. The van der Waals surface area contributed by atoms with Gasteiger partial charge in [-0.2, -0.15) is 0 Å². The second-order valence-electron chi connectivity index (χ2n) is 3.02. The van der Waals surface area contributed by atoms with Crippen LogP contribution in [-0.4, -0.2) is 29.4 Å². The van der Waals surface area contributed by atoms with E-state index in [1.807, 2.05) is 0 Å². The Morgan fingerprint density at radius 1 is 1.60 bits per heavy atom. The van der Waals surface area contributed by atoms with Crippen LogP contribution in [-0.2, 0) is 16.0 Å². The molecule has 0 fully saturated rings. The number of hydrogen-bond acceptors (Lipinski definition) is 4. The first kappa shape index (κ1) is 12.0. The van der Waals surface area contributed by atoms with E-state index >= 15 is 0 Å². The normalized spacial score (nSPS) is 12.2. The molecule has 0 aliphatic heterocycles. The SMILES string of the molecule is COC(=O)C(O)Cc1cc(O)ccc1Br. The van der Waals surface area contributed by atoms with Crippen molar-refractivity contribution in [2.75, 3.05) is 7.11 Å². The first-order chi connectivity index (χ1) is 7.04. The molecule has 0 saturated carbocycles. The Balaban J connectivity index is 2.80. The summed E-state index contributed by atoms with van der Waals surface area (Å²) < 4.78 is 5.11. The largest absolute Gasteiger partial charge is 0.508 e. The number of esters is 1. The Kier molecular flexibility index (Phi) is 4.11. The summed E-state index contributed by atoms with van der Waals surface area (Å²) in [5, 5.41) is 18.6. The van der Waals surface area contributed by atoms with Gasteiger partial charge in [0.25, 0.3) is 0 Å². The van der Waals surface area contributed by atoms with Crippen LogP contribution >= 0.6 is 15.9 Å². The molecule has 2 N–H and O–H groups in total. The van der Waals surface area contributed by atoms with E-state index in [0.29, 0.717) is 5.56 Å². The molecule has 0 radical (unpaired) electrons. The van der Waals surface area contributed by atoms with Crippen LogP contribution in [0.3, 0.4) is 0 Å². The monoisotopic (exact) mass is 274 g/mol. The topological polar surface area (TPSA) is 66.8 Å². The van der Waals surface area contributed by atoms with E-state index in [1.165, 1.54) is 19.2 Å². The Morgan fingerprint density at radius 3 is 2.87 bits per heavy atom. The highest BCUT2D eigenvalue weighted by molar-refractivity contribution is 9.10. The minimum atomic E-state index is -1.21. The Hall–Kier alpha value is -1.07. The van der Waals surface area contributed by atoms with Crippen molar-refractivity contribution in [1.82, 2.24) is 0 Å². The first-order valence-corrected chi connectivity index (χ1v) is 5.07. The zero-order chi connectivity index (χ0) is 11.4. The number of methoxy groups -OCH3 is 1. The van der Waals surface area contributed by atoms with Gasteiger partial charge in [0.1, 0.15) is 5.75 Å². The van der Waals surface area contributed by atoms with Crippen LogP contribution in [0.1, 0.15) is 5.56 Å². The van der Waals surface area contributed by atoms with Gasteiger partial charge in [0, 0.05) is 10.9 Å². The number of carbonyl (C=O) groups excluding carboxylic acids is 1. The molecule has 0 spiro atoms. The lowest BCUT2D eigenvalue weighted by Crippen LogP contribution is -2.24. The van der Waals surface area contributed by atoms with Crippen molar-refractivity contribution < 1.29 is 19.7 Å². The molecule has 5 heteroatoms. The van der Waals surface area contributed by atoms with Crippen LogP contribution in [0.4, 0.5) is 0 Å². The predicted molar refractivity (Wildman–Crippen MR) is 57.5 cm³/mol. The van der Waals surface area contributed by atoms with Crippen molar-refractivity contribution in [3.63, 3.8) is 0 Å². The number of aromatic hydroxyl groups is 1. The van der Waals surface area contributed by atoms with Gasteiger partial charge >= 0.3 is 5.97 Å². The summed E-state index contributed by atoms with van der Waals surface area (Å²) in [5.74, 6) is -0.601. The summed E-state index contributed by atoms with van der Waals surface area (Å²) in [6, 6.07) is 4.64. The summed E-state index contributed by atoms with van der Waals surface area (Å²) in [6.07, 6.45) is -1.12. The Morgan fingerprint density at radius 2 is 2.27 bits per heavy atom. The number of ether oxygens (including phenoxy) is 1. The van der Waals surface area contributed by atoms with Crippen molar-refractivity contribution in [1.29, 1.82) is 0 Å². The lowest BCUT2D eigenvalue weighted by molar-refractivity contribution is -0.150. The lowest BCUT2D eigenvalue weighted by Gasteiger charge is -2.09. The van der Waals surface area contributed by atoms with Crippen molar-refractivity contribution in [3.05, 3.63) is 28.2 Å². The highest BCUT2D eigenvalue weighted by Gasteiger charge is 2.17. The summed E-state index contributed by atoms with van der Waals surface area (Å²) in [6.45, 7) is 0. The second-order valence-corrected chi connectivity index (χ2v) is 3.87. The van der Waals surface area contributed by atoms with E-state index in [1.54, 1.807) is 6.07 Å². The van der Waals surface area contributed by atoms with Crippen LogP contribution in [0.2, 0.25) is 0 Å². The smallest absolute Gasteiger partial charge is 0.335 e. The molecule has 1 unspecified atom stereocenters. The molecule has 0 bridgehead atoms. The third kappa shape index (κ3) is 3.21. The number of benzene rings is 1. The zero-order valence-electron chi connectivity index (χ0n) is 8.11. The van der Waals surface area contributed by atoms with Gasteiger partial charge in [-0.1, -0.05) is 15.9 Å². The zero-order valence-corrected chi connectivity index (χ0v) is 9.69. The van der Waals surface area contributed by atoms with Gasteiger partial charge in [0.15, 0.2) is 6.10 Å². The predicted octanol–water partition coefficient (Wildman–Crippen LogP) is 1.23. The third-order valence-electron chi connectivity index (χ3n) is 1.92. The van der Waals surface area contributed by atoms with Crippen LogP contribution in [0.15, 0.2) is 22.7 Å². The van der Waals surface area contributed by atoms with Gasteiger partial charge in [0.2, 0.25) is 0 Å². The molecule has 0 heterocycles. The summed E-state index contributed by atoms with van der Waals surface area (Å²) in [4.78, 5) is 11.0. The molecule has 0 saturated heterocycles. The van der Waals surface area contributed by atoms with Crippen molar-refractivity contribution in [2.24, 2.45) is 0 Å². The minimum absolute atomic E-state index is 0.0882. The van der Waals surface area contributed by atoms with Gasteiger partial charge in [-0.25, -0.2) is 4.79 Å². The first-order valence-electron chi connectivity index (χ1n) is 4.28. The van der Waals surface area contributed by atoms with Gasteiger partial charge in [-0.3, -0.25) is 0 Å². The number of halogens is 1. The molecule has 0 aromatic heterocycles. The van der Waals surface area contributed by atoms with Gasteiger partial charge < -0.3 is 14.9 Å². The molecular weight excluding hydrogens is 264 g/mol. The summed E-state index contributed by atoms with van der Waals surface area (Å²) >= 11 is 3.26. The summed E-state index contributed by atoms with van der Waals surface area (Å²) in [7, 11) is 1.21. The molecule has 1 aromatic rings. The van der Waals surface area contributed by atoms with Crippen molar-refractivity contribution in [2.45, 2.75) is 12.5 Å². The molecule has 0 aliphatic rings. The van der Waals surface area contributed by atoms with Gasteiger partial charge in [-0.05, 0) is 23.8 Å². The maximum absolute atomic E-state index is 11.0. The molecule has 4 nitrogen and oxygen atoms in total. The van der Waals surface area contributed by atoms with Crippen LogP contribution in [0.25, 0.3) is 0 Å². The fourth-order valence-electron chi connectivity index (χ4n) is 1.15. The molecule has 1 aromatic carbocycles. The molecule has 1 rings (SSSR count). The number of aliphatic hydroxyl groups excluding tert-OH is 1. The number of phenolic OH excluding ortho intramolecular Hbond substituents is 1. The fraction of sp³-hybridized carbons (Fsp3) is 0.300. The third-order valence-corrected chi connectivity index (χ3v) is 2.69. The van der Waals surface area contributed by atoms with Crippen LogP contribution in [0, 0.1) is 0 Å². The summed E-state index contributed by atoms with van der Waals surface area (Å²) in [5.41, 5.74) is 0.646. The molecule has 82 valence electrons. The number of aliphatic hydroxyl groups is 1. The lowest BCUT2D eigenvalue weighted by atomic mass is 10.1. The van der Waals surface area contributed by atoms with E-state index < -0.39 is 12.1 Å². The molecule has 0 aliphatic carbocycles. The Labute approximate surface area is 95.6 Å². The minimum Gasteiger partial charge on any atom is -0.508 e. The number of carbonyl (C=O) groups is 1. The Bertz CT molecular complexity index is 364. The van der Waals surface area contributed by atoms with Crippen molar-refractivity contribution in [3.8, 4) is 5.75 Å². The van der Waals surface area contributed by atoms with Crippen LogP contribution < -0.4 is 0 Å². The standard InChI is InChI=1S/C10H11BrO4/c1-15-10(14)9(13)5-6-4-7(12)2-3-8(6)11/h2-4,9,12-13H,5H2,1H3. The molecule has 15 heavy (non-hydrogen) atoms. The van der Waals surface area contributed by atoms with Crippen molar-refractivity contribution >= 4 is 21.9 Å². The van der Waals surface area contributed by atoms with E-state index in [0.717, 1.165) is 4.47 Å². The highest BCUT2D eigenvalue weighted by Crippen LogP contribution is 2.23. The van der Waals surface area contributed by atoms with E-state index in [9.17, 15) is 15.0 Å². The van der Waals surface area contributed by atoms with Crippen LogP contribution in [0.5, 0.6) is 5.75 Å². The maximum atomic E-state index is 11.0. The number of rotatable bonds is 3. The molecule has 0 amide bonds. The van der Waals surface area contributed by atoms with E-state index in [4.69, 9.17) is 0 Å². The number of hydrogen-bond donors (Lipinski definition) is 2. The maximum Gasteiger partial charge on any atom is 0.335 e. The molecule has 1 atom stereocenters. The van der Waals surface area contributed by atoms with Gasteiger partial charge in [0.05, 0.1) is 7.11 Å². The second kappa shape index (κ2) is 5.14. The highest BCUT2D eigenvalue weighted by atomic mass is 79.9. The van der Waals surface area contributed by atoms with E-state index in [2.05, 4.69) is 20.7 Å².